The number of unbranched alkanes of at least 4 members (excludes halogenated alkanes) is 15. The highest BCUT2D eigenvalue weighted by Crippen LogP contribution is 2.13. The molecule has 0 aromatic heterocycles. The molecule has 0 aromatic carbocycles. The molecule has 25 heavy (non-hydrogen) atoms. The lowest BCUT2D eigenvalue weighted by molar-refractivity contribution is 0.188. The van der Waals surface area contributed by atoms with Crippen molar-refractivity contribution in [1.82, 2.24) is 5.32 Å². The number of nitrogens with one attached hydrogen (secondary N) is 1. The van der Waals surface area contributed by atoms with Gasteiger partial charge >= 0.3 is 0 Å². The number of hydrogen-bond acceptors (Lipinski definition) is 2. The summed E-state index contributed by atoms with van der Waals surface area (Å²) in [5.41, 5.74) is -0.116. The number of hydrogen-bond donors (Lipinski definition) is 2. The lowest BCUT2D eigenvalue weighted by Gasteiger charge is -2.23. The summed E-state index contributed by atoms with van der Waals surface area (Å²) in [6.07, 6.45) is 22.6. The summed E-state index contributed by atoms with van der Waals surface area (Å²) in [7, 11) is 0. The first kappa shape index (κ1) is 27.4. The molecule has 0 unspecified atom stereocenters. The molecule has 0 bridgehead atoms. The zero-order chi connectivity index (χ0) is 17.9. The molecule has 0 aliphatic heterocycles. The minimum Gasteiger partial charge on any atom is -0.394 e. The van der Waals surface area contributed by atoms with Gasteiger partial charge in [0.25, 0.3) is 0 Å². The van der Waals surface area contributed by atoms with Crippen LogP contribution in [0, 0.1) is 0 Å². The Kier molecular flexibility index (Phi) is 22.5. The van der Waals surface area contributed by atoms with Crippen LogP contribution in [0.15, 0.2) is 0 Å². The van der Waals surface area contributed by atoms with Gasteiger partial charge < -0.3 is 10.4 Å². The third-order valence-electron chi connectivity index (χ3n) is 5.03. The van der Waals surface area contributed by atoms with Crippen molar-refractivity contribution in [1.29, 1.82) is 0 Å². The monoisotopic (exact) mass is 377 g/mol. The number of rotatable bonds is 19. The van der Waals surface area contributed by atoms with E-state index in [1.165, 1.54) is 103 Å². The lowest BCUT2D eigenvalue weighted by atomic mass is 10.0. The van der Waals surface area contributed by atoms with Gasteiger partial charge in [-0.25, -0.2) is 0 Å². The number of aliphatic hydroxyl groups excluding tert-OH is 1. The Labute approximate surface area is 165 Å². The molecule has 154 valence electrons. The van der Waals surface area contributed by atoms with Crippen molar-refractivity contribution >= 4 is 12.4 Å². The maximum Gasteiger partial charge on any atom is 0.0607 e. The fourth-order valence-electron chi connectivity index (χ4n) is 3.16. The first-order chi connectivity index (χ1) is 11.6. The molecule has 0 amide bonds. The van der Waals surface area contributed by atoms with Crippen LogP contribution in [0.25, 0.3) is 0 Å². The second-order valence-electron chi connectivity index (χ2n) is 8.27. The predicted octanol–water partition coefficient (Wildman–Crippen LogP) is 7.03. The highest BCUT2D eigenvalue weighted by atomic mass is 35.5. The summed E-state index contributed by atoms with van der Waals surface area (Å²) < 4.78 is 0. The van der Waals surface area contributed by atoms with Gasteiger partial charge in [0.05, 0.1) is 6.61 Å². The van der Waals surface area contributed by atoms with E-state index in [0.29, 0.717) is 0 Å². The average Bonchev–Trinajstić information content (AvgIpc) is 2.57. The molecule has 2 N–H and O–H groups in total. The maximum atomic E-state index is 9.17. The summed E-state index contributed by atoms with van der Waals surface area (Å²) >= 11 is 0. The van der Waals surface area contributed by atoms with E-state index >= 15 is 0 Å². The molecule has 0 atom stereocenters. The van der Waals surface area contributed by atoms with Crippen LogP contribution in [0.5, 0.6) is 0 Å². The van der Waals surface area contributed by atoms with Crippen LogP contribution >= 0.6 is 12.4 Å². The minimum absolute atomic E-state index is 0. The second kappa shape index (κ2) is 20.5. The van der Waals surface area contributed by atoms with Gasteiger partial charge in [0.1, 0.15) is 0 Å². The quantitative estimate of drug-likeness (QED) is 0.237. The van der Waals surface area contributed by atoms with Gasteiger partial charge in [-0.3, -0.25) is 0 Å². The van der Waals surface area contributed by atoms with Crippen molar-refractivity contribution in [2.75, 3.05) is 13.2 Å². The standard InChI is InChI=1S/C22H47NO.ClH/c1-4-5-6-7-8-9-10-11-12-13-14-15-16-17-18-19-20-23-22(2,3)21-24;/h23-24H,4-21H2,1-3H3;1H. The molecule has 0 radical (unpaired) electrons. The molecule has 0 heterocycles. The van der Waals surface area contributed by atoms with Crippen molar-refractivity contribution in [3.63, 3.8) is 0 Å². The van der Waals surface area contributed by atoms with Crippen molar-refractivity contribution in [2.24, 2.45) is 0 Å². The lowest BCUT2D eigenvalue weighted by Crippen LogP contribution is -2.43. The fraction of sp³-hybridized carbons (Fsp3) is 1.00. The third-order valence-corrected chi connectivity index (χ3v) is 5.03. The molecule has 3 heteroatoms. The van der Waals surface area contributed by atoms with E-state index in [0.717, 1.165) is 6.54 Å². The van der Waals surface area contributed by atoms with E-state index < -0.39 is 0 Å². The first-order valence-electron chi connectivity index (χ1n) is 11.0. The molecule has 0 aliphatic rings. The molecule has 0 saturated carbocycles. The summed E-state index contributed by atoms with van der Waals surface area (Å²) in [4.78, 5) is 0. The van der Waals surface area contributed by atoms with E-state index in [2.05, 4.69) is 26.1 Å². The summed E-state index contributed by atoms with van der Waals surface area (Å²) in [5, 5.41) is 12.6. The van der Waals surface area contributed by atoms with E-state index in [9.17, 15) is 0 Å². The molecular formula is C22H48ClNO. The van der Waals surface area contributed by atoms with Crippen LogP contribution in [0.2, 0.25) is 0 Å². The normalized spacial score (nSPS) is 11.5. The van der Waals surface area contributed by atoms with Crippen molar-refractivity contribution < 1.29 is 5.11 Å². The van der Waals surface area contributed by atoms with Crippen LogP contribution in [-0.4, -0.2) is 23.8 Å². The average molecular weight is 378 g/mol. The summed E-state index contributed by atoms with van der Waals surface area (Å²) in [6, 6.07) is 0. The van der Waals surface area contributed by atoms with Crippen molar-refractivity contribution in [2.45, 2.75) is 129 Å². The fourth-order valence-corrected chi connectivity index (χ4v) is 3.16. The Hall–Kier alpha value is 0.210. The Balaban J connectivity index is 0. The van der Waals surface area contributed by atoms with Crippen LogP contribution in [-0.2, 0) is 0 Å². The SMILES string of the molecule is CCCCCCCCCCCCCCCCCCNC(C)(C)CO.Cl. The minimum atomic E-state index is -0.116. The van der Waals surface area contributed by atoms with Gasteiger partial charge in [-0.2, -0.15) is 0 Å². The first-order valence-corrected chi connectivity index (χ1v) is 11.0. The zero-order valence-corrected chi connectivity index (χ0v) is 18.4. The highest BCUT2D eigenvalue weighted by molar-refractivity contribution is 5.85. The van der Waals surface area contributed by atoms with Gasteiger partial charge in [-0.05, 0) is 26.8 Å². The van der Waals surface area contributed by atoms with Crippen LogP contribution in [0.1, 0.15) is 124 Å². The van der Waals surface area contributed by atoms with Gasteiger partial charge in [0, 0.05) is 5.54 Å². The van der Waals surface area contributed by atoms with Crippen LogP contribution < -0.4 is 5.32 Å². The van der Waals surface area contributed by atoms with Crippen LogP contribution in [0.4, 0.5) is 0 Å². The van der Waals surface area contributed by atoms with Gasteiger partial charge in [-0.15, -0.1) is 12.4 Å². The van der Waals surface area contributed by atoms with E-state index in [1.807, 2.05) is 0 Å². The molecule has 0 saturated heterocycles. The number of halogens is 1. The summed E-state index contributed by atoms with van der Waals surface area (Å²) in [5.74, 6) is 0. The smallest absolute Gasteiger partial charge is 0.0607 e. The molecule has 2 nitrogen and oxygen atoms in total. The molecular weight excluding hydrogens is 330 g/mol. The maximum absolute atomic E-state index is 9.17. The van der Waals surface area contributed by atoms with E-state index in [1.54, 1.807) is 0 Å². The van der Waals surface area contributed by atoms with E-state index in [4.69, 9.17) is 5.11 Å². The van der Waals surface area contributed by atoms with Gasteiger partial charge in [0.2, 0.25) is 0 Å². The van der Waals surface area contributed by atoms with E-state index in [-0.39, 0.29) is 24.6 Å². The Morgan fingerprint density at radius 1 is 0.600 bits per heavy atom. The van der Waals surface area contributed by atoms with Gasteiger partial charge in [0.15, 0.2) is 0 Å². The summed E-state index contributed by atoms with van der Waals surface area (Å²) in [6.45, 7) is 7.65. The largest absolute Gasteiger partial charge is 0.394 e. The second-order valence-corrected chi connectivity index (χ2v) is 8.27. The van der Waals surface area contributed by atoms with Crippen molar-refractivity contribution in [3.8, 4) is 0 Å². The van der Waals surface area contributed by atoms with Crippen LogP contribution in [0.3, 0.4) is 0 Å². The third kappa shape index (κ3) is 22.2. The Morgan fingerprint density at radius 2 is 0.920 bits per heavy atom. The topological polar surface area (TPSA) is 32.3 Å². The van der Waals surface area contributed by atoms with Gasteiger partial charge in [-0.1, -0.05) is 103 Å². The Morgan fingerprint density at radius 3 is 1.24 bits per heavy atom. The van der Waals surface area contributed by atoms with Crippen molar-refractivity contribution in [3.05, 3.63) is 0 Å². The number of aliphatic hydroxyl groups is 1. The molecule has 0 aliphatic carbocycles. The molecule has 0 aromatic rings. The Bertz CT molecular complexity index is 246. The predicted molar refractivity (Wildman–Crippen MR) is 116 cm³/mol. The molecule has 0 spiro atoms. The zero-order valence-electron chi connectivity index (χ0n) is 17.6. The molecule has 0 fully saturated rings. The molecule has 0 rings (SSSR count). The highest BCUT2D eigenvalue weighted by Gasteiger charge is 2.13.